The van der Waals surface area contributed by atoms with Gasteiger partial charge >= 0.3 is 0 Å². The Morgan fingerprint density at radius 3 is 2.75 bits per heavy atom. The first kappa shape index (κ1) is 11.9. The lowest BCUT2D eigenvalue weighted by molar-refractivity contribution is 0.533. The van der Waals surface area contributed by atoms with E-state index in [0.717, 1.165) is 49.2 Å². The Balaban J connectivity index is 1.74. The number of anilines is 1. The molecule has 2 saturated heterocycles. The van der Waals surface area contributed by atoms with Crippen LogP contribution in [-0.4, -0.2) is 35.7 Å². The zero-order chi connectivity index (χ0) is 13.7. The van der Waals surface area contributed by atoms with Gasteiger partial charge in [-0.1, -0.05) is 0 Å². The van der Waals surface area contributed by atoms with Gasteiger partial charge in [0.15, 0.2) is 0 Å². The van der Waals surface area contributed by atoms with Crippen molar-refractivity contribution < 1.29 is 0 Å². The standard InChI is InChI=1S/C15H18N4O/c1-18-9-17-14-3-2-12(4-13(14)15(18)20)19-7-10-5-16-6-11(10)8-19/h2-4,9-11,16H,5-8H2,1H3. The molecule has 20 heavy (non-hydrogen) atoms. The zero-order valence-corrected chi connectivity index (χ0v) is 11.5. The molecule has 2 aromatic rings. The Labute approximate surface area is 117 Å². The molecule has 1 aromatic heterocycles. The average Bonchev–Trinajstić information content (AvgIpc) is 3.04. The van der Waals surface area contributed by atoms with E-state index in [2.05, 4.69) is 21.3 Å². The quantitative estimate of drug-likeness (QED) is 0.824. The smallest absolute Gasteiger partial charge is 0.260 e. The molecule has 3 heterocycles. The third-order valence-electron chi connectivity index (χ3n) is 4.66. The van der Waals surface area contributed by atoms with Crippen LogP contribution in [0, 0.1) is 11.8 Å². The van der Waals surface area contributed by atoms with Crippen molar-refractivity contribution in [2.45, 2.75) is 0 Å². The topological polar surface area (TPSA) is 50.2 Å². The molecule has 5 heteroatoms. The van der Waals surface area contributed by atoms with Crippen LogP contribution in [0.4, 0.5) is 5.69 Å². The van der Waals surface area contributed by atoms with Gasteiger partial charge in [-0.05, 0) is 30.0 Å². The average molecular weight is 270 g/mol. The Hall–Kier alpha value is -1.88. The van der Waals surface area contributed by atoms with Crippen molar-refractivity contribution in [1.82, 2.24) is 14.9 Å². The third kappa shape index (κ3) is 1.73. The first-order valence-corrected chi connectivity index (χ1v) is 7.13. The number of fused-ring (bicyclic) bond motifs is 2. The summed E-state index contributed by atoms with van der Waals surface area (Å²) in [6.07, 6.45) is 1.58. The fourth-order valence-electron chi connectivity index (χ4n) is 3.46. The van der Waals surface area contributed by atoms with Gasteiger partial charge in [-0.25, -0.2) is 4.98 Å². The van der Waals surface area contributed by atoms with Crippen LogP contribution in [0.1, 0.15) is 0 Å². The molecular weight excluding hydrogens is 252 g/mol. The number of nitrogens with zero attached hydrogens (tertiary/aromatic N) is 3. The summed E-state index contributed by atoms with van der Waals surface area (Å²) in [4.78, 5) is 18.9. The SMILES string of the molecule is Cn1cnc2ccc(N3CC4CNCC4C3)cc2c1=O. The molecule has 2 aliphatic heterocycles. The van der Waals surface area contributed by atoms with E-state index in [1.165, 1.54) is 4.57 Å². The maximum absolute atomic E-state index is 12.2. The Morgan fingerprint density at radius 1 is 1.25 bits per heavy atom. The van der Waals surface area contributed by atoms with Crippen molar-refractivity contribution in [3.63, 3.8) is 0 Å². The van der Waals surface area contributed by atoms with E-state index in [1.54, 1.807) is 13.4 Å². The van der Waals surface area contributed by atoms with Crippen molar-refractivity contribution in [1.29, 1.82) is 0 Å². The molecular formula is C15H18N4O. The number of nitrogens with one attached hydrogen (secondary N) is 1. The maximum atomic E-state index is 12.2. The summed E-state index contributed by atoms with van der Waals surface area (Å²) in [6.45, 7) is 4.42. The highest BCUT2D eigenvalue weighted by atomic mass is 16.1. The largest absolute Gasteiger partial charge is 0.371 e. The summed E-state index contributed by atoms with van der Waals surface area (Å²) in [7, 11) is 1.74. The van der Waals surface area contributed by atoms with Crippen molar-refractivity contribution in [3.8, 4) is 0 Å². The van der Waals surface area contributed by atoms with Crippen LogP contribution in [-0.2, 0) is 7.05 Å². The lowest BCUT2D eigenvalue weighted by atomic mass is 10.0. The van der Waals surface area contributed by atoms with Gasteiger partial charge in [0.25, 0.3) is 5.56 Å². The van der Waals surface area contributed by atoms with Gasteiger partial charge in [-0.3, -0.25) is 4.79 Å². The minimum Gasteiger partial charge on any atom is -0.371 e. The van der Waals surface area contributed by atoms with Crippen LogP contribution in [0.3, 0.4) is 0 Å². The van der Waals surface area contributed by atoms with Crippen LogP contribution in [0.25, 0.3) is 10.9 Å². The maximum Gasteiger partial charge on any atom is 0.260 e. The minimum absolute atomic E-state index is 0.0258. The van der Waals surface area contributed by atoms with E-state index < -0.39 is 0 Å². The van der Waals surface area contributed by atoms with Crippen molar-refractivity contribution >= 4 is 16.6 Å². The van der Waals surface area contributed by atoms with Gasteiger partial charge < -0.3 is 14.8 Å². The van der Waals surface area contributed by atoms with Gasteiger partial charge in [-0.2, -0.15) is 0 Å². The normalized spacial score (nSPS) is 25.4. The Kier molecular flexibility index (Phi) is 2.57. The summed E-state index contributed by atoms with van der Waals surface area (Å²) in [5.41, 5.74) is 1.95. The molecule has 0 radical (unpaired) electrons. The van der Waals surface area contributed by atoms with Crippen LogP contribution in [0.2, 0.25) is 0 Å². The Bertz CT molecular complexity index is 711. The lowest BCUT2D eigenvalue weighted by Gasteiger charge is -2.20. The van der Waals surface area contributed by atoms with Crippen LogP contribution < -0.4 is 15.8 Å². The molecule has 4 rings (SSSR count). The molecule has 0 amide bonds. The second-order valence-corrected chi connectivity index (χ2v) is 5.95. The molecule has 5 nitrogen and oxygen atoms in total. The molecule has 2 aliphatic rings. The Morgan fingerprint density at radius 2 is 2.00 bits per heavy atom. The third-order valence-corrected chi connectivity index (χ3v) is 4.66. The molecule has 104 valence electrons. The molecule has 2 atom stereocenters. The van der Waals surface area contributed by atoms with E-state index in [-0.39, 0.29) is 5.56 Å². The predicted octanol–water partition coefficient (Wildman–Crippen LogP) is 0.589. The fourth-order valence-corrected chi connectivity index (χ4v) is 3.46. The summed E-state index contributed by atoms with van der Waals surface area (Å²) >= 11 is 0. The number of aryl methyl sites for hydroxylation is 1. The highest BCUT2D eigenvalue weighted by Crippen LogP contribution is 2.31. The van der Waals surface area contributed by atoms with E-state index >= 15 is 0 Å². The van der Waals surface area contributed by atoms with Crippen LogP contribution >= 0.6 is 0 Å². The predicted molar refractivity (Wildman–Crippen MR) is 79.0 cm³/mol. The first-order chi connectivity index (χ1) is 9.72. The van der Waals surface area contributed by atoms with Gasteiger partial charge in [0, 0.05) is 38.9 Å². The number of hydrogen-bond donors (Lipinski definition) is 1. The van der Waals surface area contributed by atoms with Gasteiger partial charge in [0.05, 0.1) is 17.2 Å². The zero-order valence-electron chi connectivity index (χ0n) is 11.5. The number of benzene rings is 1. The van der Waals surface area contributed by atoms with Gasteiger partial charge in [0.1, 0.15) is 0 Å². The van der Waals surface area contributed by atoms with Crippen molar-refractivity contribution in [2.24, 2.45) is 18.9 Å². The molecule has 1 aromatic carbocycles. The number of hydrogen-bond acceptors (Lipinski definition) is 4. The van der Waals surface area contributed by atoms with Gasteiger partial charge in [-0.15, -0.1) is 0 Å². The summed E-state index contributed by atoms with van der Waals surface area (Å²) in [5, 5.41) is 4.16. The summed E-state index contributed by atoms with van der Waals surface area (Å²) < 4.78 is 1.54. The highest BCUT2D eigenvalue weighted by molar-refractivity contribution is 5.81. The minimum atomic E-state index is 0.0258. The first-order valence-electron chi connectivity index (χ1n) is 7.13. The van der Waals surface area contributed by atoms with E-state index in [0.29, 0.717) is 5.39 Å². The summed E-state index contributed by atoms with van der Waals surface area (Å²) in [5.74, 6) is 1.50. The molecule has 0 spiro atoms. The molecule has 1 N–H and O–H groups in total. The molecule has 0 aliphatic carbocycles. The summed E-state index contributed by atoms with van der Waals surface area (Å²) in [6, 6.07) is 6.04. The fraction of sp³-hybridized carbons (Fsp3) is 0.467. The van der Waals surface area contributed by atoms with E-state index in [4.69, 9.17) is 0 Å². The molecule has 0 saturated carbocycles. The molecule has 2 unspecified atom stereocenters. The number of aromatic nitrogens is 2. The molecule has 0 bridgehead atoms. The van der Waals surface area contributed by atoms with Crippen molar-refractivity contribution in [3.05, 3.63) is 34.9 Å². The monoisotopic (exact) mass is 270 g/mol. The van der Waals surface area contributed by atoms with Crippen molar-refractivity contribution in [2.75, 3.05) is 31.1 Å². The van der Waals surface area contributed by atoms with E-state index in [1.807, 2.05) is 12.1 Å². The van der Waals surface area contributed by atoms with Gasteiger partial charge in [0.2, 0.25) is 0 Å². The van der Waals surface area contributed by atoms with E-state index in [9.17, 15) is 4.79 Å². The van der Waals surface area contributed by atoms with Crippen LogP contribution in [0.15, 0.2) is 29.3 Å². The highest BCUT2D eigenvalue weighted by Gasteiger charge is 2.36. The molecule has 2 fully saturated rings. The lowest BCUT2D eigenvalue weighted by Crippen LogP contribution is -2.25. The second-order valence-electron chi connectivity index (χ2n) is 5.95. The number of rotatable bonds is 1. The second kappa shape index (κ2) is 4.31. The van der Waals surface area contributed by atoms with Crippen LogP contribution in [0.5, 0.6) is 0 Å².